The molecule has 0 spiro atoms. The molecule has 0 amide bonds. The van der Waals surface area contributed by atoms with Gasteiger partial charge in [-0.25, -0.2) is 4.39 Å². The van der Waals surface area contributed by atoms with E-state index in [0.29, 0.717) is 6.04 Å². The summed E-state index contributed by atoms with van der Waals surface area (Å²) < 4.78 is 13.1. The molecule has 1 N–H and O–H groups in total. The van der Waals surface area contributed by atoms with Crippen LogP contribution in [0.4, 0.5) is 4.39 Å². The number of hydrogen-bond acceptors (Lipinski definition) is 2. The van der Waals surface area contributed by atoms with Crippen LogP contribution in [0.5, 0.6) is 0 Å². The fourth-order valence-corrected chi connectivity index (χ4v) is 2.69. The molecule has 1 saturated heterocycles. The molecule has 1 aromatic carbocycles. The number of piperazine rings is 1. The summed E-state index contributed by atoms with van der Waals surface area (Å²) in [6.07, 6.45) is 2.76. The molecule has 2 aliphatic rings. The highest BCUT2D eigenvalue weighted by Crippen LogP contribution is 2.33. The topological polar surface area (TPSA) is 15.3 Å². The predicted octanol–water partition coefficient (Wildman–Crippen LogP) is 2.01. The molecule has 17 heavy (non-hydrogen) atoms. The van der Waals surface area contributed by atoms with Gasteiger partial charge in [0.05, 0.1) is 0 Å². The lowest BCUT2D eigenvalue weighted by molar-refractivity contribution is 0.181. The molecule has 2 fully saturated rings. The first-order valence-corrected chi connectivity index (χ1v) is 6.51. The van der Waals surface area contributed by atoms with Gasteiger partial charge in [0.1, 0.15) is 5.82 Å². The SMILES string of the molecule is Fc1cccc(CN2CCNC(C3CC3)C2)c1. The lowest BCUT2D eigenvalue weighted by atomic mass is 10.1. The Bertz CT molecular complexity index is 390. The van der Waals surface area contributed by atoms with Crippen molar-refractivity contribution in [1.29, 1.82) is 0 Å². The molecule has 0 radical (unpaired) electrons. The smallest absolute Gasteiger partial charge is 0.123 e. The lowest BCUT2D eigenvalue weighted by Gasteiger charge is -2.33. The van der Waals surface area contributed by atoms with E-state index in [1.807, 2.05) is 6.07 Å². The van der Waals surface area contributed by atoms with Gasteiger partial charge in [0.2, 0.25) is 0 Å². The molecule has 0 aromatic heterocycles. The molecular weight excluding hydrogens is 215 g/mol. The highest BCUT2D eigenvalue weighted by molar-refractivity contribution is 5.16. The van der Waals surface area contributed by atoms with Crippen molar-refractivity contribution >= 4 is 0 Å². The Morgan fingerprint density at radius 3 is 3.00 bits per heavy atom. The second kappa shape index (κ2) is 4.75. The Kier molecular flexibility index (Phi) is 3.12. The van der Waals surface area contributed by atoms with Crippen molar-refractivity contribution in [1.82, 2.24) is 10.2 Å². The van der Waals surface area contributed by atoms with E-state index in [4.69, 9.17) is 0 Å². The highest BCUT2D eigenvalue weighted by Gasteiger charge is 2.33. The Morgan fingerprint density at radius 2 is 2.24 bits per heavy atom. The molecule has 1 aromatic rings. The fraction of sp³-hybridized carbons (Fsp3) is 0.571. The van der Waals surface area contributed by atoms with Crippen LogP contribution < -0.4 is 5.32 Å². The van der Waals surface area contributed by atoms with Crippen LogP contribution in [0.25, 0.3) is 0 Å². The van der Waals surface area contributed by atoms with Gasteiger partial charge < -0.3 is 5.32 Å². The first kappa shape index (κ1) is 11.2. The van der Waals surface area contributed by atoms with Gasteiger partial charge in [-0.05, 0) is 36.5 Å². The summed E-state index contributed by atoms with van der Waals surface area (Å²) in [7, 11) is 0. The van der Waals surface area contributed by atoms with E-state index >= 15 is 0 Å². The van der Waals surface area contributed by atoms with Gasteiger partial charge in [0.25, 0.3) is 0 Å². The maximum Gasteiger partial charge on any atom is 0.123 e. The Balaban J connectivity index is 1.60. The lowest BCUT2D eigenvalue weighted by Crippen LogP contribution is -2.51. The van der Waals surface area contributed by atoms with Crippen LogP contribution >= 0.6 is 0 Å². The van der Waals surface area contributed by atoms with Gasteiger partial charge in [-0.1, -0.05) is 12.1 Å². The molecule has 3 rings (SSSR count). The highest BCUT2D eigenvalue weighted by atomic mass is 19.1. The maximum absolute atomic E-state index is 13.1. The minimum Gasteiger partial charge on any atom is -0.311 e. The van der Waals surface area contributed by atoms with Crippen molar-refractivity contribution in [3.05, 3.63) is 35.6 Å². The monoisotopic (exact) mass is 234 g/mol. The average molecular weight is 234 g/mol. The van der Waals surface area contributed by atoms with Gasteiger partial charge in [-0.3, -0.25) is 4.90 Å². The van der Waals surface area contributed by atoms with Gasteiger partial charge in [-0.15, -0.1) is 0 Å². The van der Waals surface area contributed by atoms with E-state index in [1.165, 1.54) is 18.9 Å². The van der Waals surface area contributed by atoms with Crippen molar-refractivity contribution in [2.24, 2.45) is 5.92 Å². The third-order valence-corrected chi connectivity index (χ3v) is 3.78. The van der Waals surface area contributed by atoms with Crippen molar-refractivity contribution in [3.8, 4) is 0 Å². The van der Waals surface area contributed by atoms with Gasteiger partial charge in [0, 0.05) is 32.2 Å². The zero-order valence-electron chi connectivity index (χ0n) is 10.0. The van der Waals surface area contributed by atoms with E-state index in [9.17, 15) is 4.39 Å². The van der Waals surface area contributed by atoms with Gasteiger partial charge in [0.15, 0.2) is 0 Å². The summed E-state index contributed by atoms with van der Waals surface area (Å²) in [6.45, 7) is 4.13. The zero-order valence-corrected chi connectivity index (χ0v) is 10.0. The average Bonchev–Trinajstić information content (AvgIpc) is 3.13. The van der Waals surface area contributed by atoms with Crippen molar-refractivity contribution in [2.75, 3.05) is 19.6 Å². The fourth-order valence-electron chi connectivity index (χ4n) is 2.69. The maximum atomic E-state index is 13.1. The van der Waals surface area contributed by atoms with Gasteiger partial charge in [-0.2, -0.15) is 0 Å². The van der Waals surface area contributed by atoms with Crippen molar-refractivity contribution in [2.45, 2.75) is 25.4 Å². The Hall–Kier alpha value is -0.930. The zero-order chi connectivity index (χ0) is 11.7. The van der Waals surface area contributed by atoms with E-state index in [0.717, 1.165) is 37.7 Å². The van der Waals surface area contributed by atoms with Crippen molar-refractivity contribution in [3.63, 3.8) is 0 Å². The predicted molar refractivity (Wildman–Crippen MR) is 66.2 cm³/mol. The largest absolute Gasteiger partial charge is 0.311 e. The quantitative estimate of drug-likeness (QED) is 0.860. The number of halogens is 1. The number of nitrogens with one attached hydrogen (secondary N) is 1. The van der Waals surface area contributed by atoms with Crippen LogP contribution in [-0.2, 0) is 6.54 Å². The Morgan fingerprint density at radius 1 is 1.35 bits per heavy atom. The molecule has 3 heteroatoms. The van der Waals surface area contributed by atoms with Gasteiger partial charge >= 0.3 is 0 Å². The summed E-state index contributed by atoms with van der Waals surface area (Å²) in [4.78, 5) is 2.44. The summed E-state index contributed by atoms with van der Waals surface area (Å²) >= 11 is 0. The van der Waals surface area contributed by atoms with E-state index < -0.39 is 0 Å². The molecule has 1 saturated carbocycles. The summed E-state index contributed by atoms with van der Waals surface area (Å²) in [5.41, 5.74) is 1.08. The van der Waals surface area contributed by atoms with Crippen LogP contribution in [0.2, 0.25) is 0 Å². The molecule has 2 nitrogen and oxygen atoms in total. The van der Waals surface area contributed by atoms with Crippen molar-refractivity contribution < 1.29 is 4.39 Å². The summed E-state index contributed by atoms with van der Waals surface area (Å²) in [5, 5.41) is 3.59. The molecule has 1 aliphatic heterocycles. The van der Waals surface area contributed by atoms with Crippen LogP contribution in [0.15, 0.2) is 24.3 Å². The molecule has 0 bridgehead atoms. The number of nitrogens with zero attached hydrogens (tertiary/aromatic N) is 1. The standard InChI is InChI=1S/C14H19FN2/c15-13-3-1-2-11(8-13)9-17-7-6-16-14(10-17)12-4-5-12/h1-3,8,12,14,16H,4-7,9-10H2. The van der Waals surface area contributed by atoms with E-state index in [-0.39, 0.29) is 5.82 Å². The molecule has 92 valence electrons. The summed E-state index contributed by atoms with van der Waals surface area (Å²) in [6, 6.07) is 7.63. The second-order valence-electron chi connectivity index (χ2n) is 5.26. The molecule has 1 atom stereocenters. The normalized spacial score (nSPS) is 26.1. The molecule has 1 heterocycles. The number of hydrogen-bond donors (Lipinski definition) is 1. The summed E-state index contributed by atoms with van der Waals surface area (Å²) in [5.74, 6) is 0.765. The molecular formula is C14H19FN2. The first-order chi connectivity index (χ1) is 8.31. The Labute approximate surface area is 102 Å². The van der Waals surface area contributed by atoms with E-state index in [2.05, 4.69) is 10.2 Å². The second-order valence-corrected chi connectivity index (χ2v) is 5.26. The van der Waals surface area contributed by atoms with E-state index in [1.54, 1.807) is 12.1 Å². The minimum atomic E-state index is -0.128. The molecule has 1 unspecified atom stereocenters. The number of benzene rings is 1. The van der Waals surface area contributed by atoms with Crippen LogP contribution in [0.1, 0.15) is 18.4 Å². The third-order valence-electron chi connectivity index (χ3n) is 3.78. The molecule has 1 aliphatic carbocycles. The van der Waals surface area contributed by atoms with Crippen LogP contribution in [0, 0.1) is 11.7 Å². The number of rotatable bonds is 3. The van der Waals surface area contributed by atoms with Crippen LogP contribution in [-0.4, -0.2) is 30.6 Å². The first-order valence-electron chi connectivity index (χ1n) is 6.51. The van der Waals surface area contributed by atoms with Crippen LogP contribution in [0.3, 0.4) is 0 Å². The minimum absolute atomic E-state index is 0.128. The third kappa shape index (κ3) is 2.85.